The van der Waals surface area contributed by atoms with Crippen LogP contribution in [-0.2, 0) is 4.74 Å². The van der Waals surface area contributed by atoms with Gasteiger partial charge in [-0.15, -0.1) is 0 Å². The van der Waals surface area contributed by atoms with E-state index in [1.165, 1.54) is 27.0 Å². The van der Waals surface area contributed by atoms with Gasteiger partial charge in [0.25, 0.3) is 0 Å². The summed E-state index contributed by atoms with van der Waals surface area (Å²) in [6, 6.07) is 2.25. The molecular weight excluding hydrogens is 320 g/mol. The Balaban J connectivity index is 2.86. The molecule has 0 aliphatic carbocycles. The topological polar surface area (TPSA) is 42.4 Å². The van der Waals surface area contributed by atoms with E-state index >= 15 is 0 Å². The number of hydrogen-bond donors (Lipinski definition) is 0. The second-order valence-corrected chi connectivity index (χ2v) is 5.84. The molecule has 1 unspecified atom stereocenters. The maximum atomic E-state index is 12.8. The van der Waals surface area contributed by atoms with Crippen molar-refractivity contribution in [2.24, 2.45) is 0 Å². The summed E-state index contributed by atoms with van der Waals surface area (Å²) in [6.07, 6.45) is -7.28. The van der Waals surface area contributed by atoms with Gasteiger partial charge in [0, 0.05) is 34.7 Å². The zero-order valence-corrected chi connectivity index (χ0v) is 12.9. The zero-order chi connectivity index (χ0) is 22.8. The molecule has 110 valence electrons. The van der Waals surface area contributed by atoms with E-state index < -0.39 is 43.3 Å². The molecule has 0 saturated carbocycles. The van der Waals surface area contributed by atoms with Crippen LogP contribution in [0.5, 0.6) is 0 Å². The molecule has 1 saturated heterocycles. The minimum absolute atomic E-state index is 0.131. The van der Waals surface area contributed by atoms with E-state index in [4.69, 9.17) is 17.1 Å². The molecule has 0 aromatic carbocycles. The number of amides is 1. The first-order valence-electron chi connectivity index (χ1n) is 10.4. The quantitative estimate of drug-likeness (QED) is 0.720. The molecule has 5 heteroatoms. The fourth-order valence-corrected chi connectivity index (χ4v) is 1.77. The van der Waals surface area contributed by atoms with Crippen LogP contribution in [0.3, 0.4) is 0 Å². The molecule has 1 aliphatic heterocycles. The highest BCUT2D eigenvalue weighted by molar-refractivity contribution is 9.10. The fraction of sp³-hybridized carbons (Fsp3) is 0.600. The molecule has 0 bridgehead atoms. The molecule has 1 atom stereocenters. The number of aromatic nitrogens is 1. The molecule has 1 amide bonds. The minimum atomic E-state index is -3.49. The van der Waals surface area contributed by atoms with Crippen molar-refractivity contribution in [3.05, 3.63) is 28.5 Å². The highest BCUT2D eigenvalue weighted by Gasteiger charge is 2.28. The SMILES string of the molecule is [2H]C1([2H])N(C(=O)OC(C)(C)C)C([2H])([2H])C([2H])(c2ccnc(Br)c2)C([2H])([2H])C1([2H])[2H]. The Morgan fingerprint density at radius 2 is 2.40 bits per heavy atom. The number of carbonyl (C=O) groups is 1. The highest BCUT2D eigenvalue weighted by Crippen LogP contribution is 2.28. The van der Waals surface area contributed by atoms with Gasteiger partial charge >= 0.3 is 6.09 Å². The van der Waals surface area contributed by atoms with Gasteiger partial charge in [-0.2, -0.15) is 0 Å². The fourth-order valence-electron chi connectivity index (χ4n) is 1.41. The Kier molecular flexibility index (Phi) is 2.22. The number of nitrogens with zero attached hydrogens (tertiary/aromatic N) is 2. The van der Waals surface area contributed by atoms with E-state index in [9.17, 15) is 4.79 Å². The third-order valence-corrected chi connectivity index (χ3v) is 2.60. The number of hydrogen-bond acceptors (Lipinski definition) is 3. The molecular formula is C15H21BrN2O2. The summed E-state index contributed by atoms with van der Waals surface area (Å²) in [4.78, 5) is 16.5. The third kappa shape index (κ3) is 4.20. The number of ether oxygens (including phenoxy) is 1. The maximum absolute atomic E-state index is 12.8. The molecule has 1 fully saturated rings. The smallest absolute Gasteiger partial charge is 0.410 e. The van der Waals surface area contributed by atoms with E-state index in [1.807, 2.05) is 0 Å². The van der Waals surface area contributed by atoms with E-state index in [0.29, 0.717) is 0 Å². The van der Waals surface area contributed by atoms with E-state index in [1.54, 1.807) is 0 Å². The van der Waals surface area contributed by atoms with Crippen molar-refractivity contribution in [3.63, 3.8) is 0 Å². The first kappa shape index (κ1) is 7.25. The Bertz CT molecular complexity index is 828. The summed E-state index contributed by atoms with van der Waals surface area (Å²) in [6.45, 7) is -2.45. The van der Waals surface area contributed by atoms with E-state index in [-0.39, 0.29) is 15.1 Å². The van der Waals surface area contributed by atoms with Crippen molar-refractivity contribution >= 4 is 22.0 Å². The van der Waals surface area contributed by atoms with Gasteiger partial charge < -0.3 is 9.64 Å². The van der Waals surface area contributed by atoms with Crippen LogP contribution in [0.25, 0.3) is 0 Å². The van der Waals surface area contributed by atoms with E-state index in [2.05, 4.69) is 20.9 Å². The Hall–Kier alpha value is -1.10. The van der Waals surface area contributed by atoms with Crippen molar-refractivity contribution in [2.45, 2.75) is 45.0 Å². The van der Waals surface area contributed by atoms with Crippen LogP contribution in [0.4, 0.5) is 4.79 Å². The predicted octanol–water partition coefficient (Wildman–Crippen LogP) is 3.96. The summed E-state index contributed by atoms with van der Waals surface area (Å²) in [5.41, 5.74) is -1.50. The standard InChI is InChI=1S/C15H21BrN2O2/c1-15(2,3)20-14(19)18-8-4-5-12(10-18)11-6-7-17-13(16)9-11/h6-7,9,12H,4-5,8,10H2,1-3H3/i4D2,5D2,8D2,10D2,12D. The van der Waals surface area contributed by atoms with Crippen LogP contribution in [0.2, 0.25) is 0 Å². The molecule has 2 rings (SSSR count). The first-order chi connectivity index (χ1) is 12.7. The normalized spacial score (nSPS) is 40.2. The average Bonchev–Trinajstić information content (AvgIpc) is 2.50. The first-order valence-corrected chi connectivity index (χ1v) is 6.70. The van der Waals surface area contributed by atoms with Gasteiger partial charge in [0.05, 0.1) is 2.74 Å². The van der Waals surface area contributed by atoms with Crippen molar-refractivity contribution in [1.29, 1.82) is 0 Å². The van der Waals surface area contributed by atoms with Crippen LogP contribution in [0, 0.1) is 0 Å². The average molecular weight is 350 g/mol. The molecule has 2 heterocycles. The van der Waals surface area contributed by atoms with Crippen molar-refractivity contribution in [3.8, 4) is 0 Å². The second-order valence-electron chi connectivity index (χ2n) is 5.03. The van der Waals surface area contributed by atoms with Gasteiger partial charge in [-0.1, -0.05) is 0 Å². The molecule has 4 nitrogen and oxygen atoms in total. The number of halogens is 1. The maximum Gasteiger partial charge on any atom is 0.410 e. The van der Waals surface area contributed by atoms with Crippen LogP contribution in [0.15, 0.2) is 22.9 Å². The van der Waals surface area contributed by atoms with Crippen molar-refractivity contribution in [1.82, 2.24) is 9.88 Å². The third-order valence-electron chi connectivity index (χ3n) is 2.17. The molecule has 1 aliphatic rings. The Morgan fingerprint density at radius 1 is 1.65 bits per heavy atom. The molecule has 0 spiro atoms. The van der Waals surface area contributed by atoms with Crippen LogP contribution in [0.1, 0.15) is 57.3 Å². The zero-order valence-electron chi connectivity index (χ0n) is 20.3. The van der Waals surface area contributed by atoms with Crippen molar-refractivity contribution < 1.29 is 21.9 Å². The van der Waals surface area contributed by atoms with Gasteiger partial charge in [-0.05, 0) is 67.1 Å². The number of likely N-dealkylation sites (tertiary alicyclic amines) is 1. The van der Waals surface area contributed by atoms with Gasteiger partial charge in [-0.3, -0.25) is 0 Å². The summed E-state index contributed by atoms with van der Waals surface area (Å²) < 4.78 is 80.3. The molecule has 1 aromatic heterocycles. The Labute approximate surface area is 141 Å². The predicted molar refractivity (Wildman–Crippen MR) is 81.7 cm³/mol. The molecule has 1 aromatic rings. The summed E-state index contributed by atoms with van der Waals surface area (Å²) in [7, 11) is 0. The molecule has 0 radical (unpaired) electrons. The monoisotopic (exact) mass is 349 g/mol. The number of rotatable bonds is 1. The summed E-state index contributed by atoms with van der Waals surface area (Å²) >= 11 is 3.05. The summed E-state index contributed by atoms with van der Waals surface area (Å²) in [5.74, 6) is -3.07. The van der Waals surface area contributed by atoms with Crippen molar-refractivity contribution in [2.75, 3.05) is 13.0 Å². The number of carbonyl (C=O) groups excluding carboxylic acids is 1. The minimum Gasteiger partial charge on any atom is -0.444 e. The van der Waals surface area contributed by atoms with Gasteiger partial charge in [0.15, 0.2) is 0 Å². The lowest BCUT2D eigenvalue weighted by molar-refractivity contribution is 0.0198. The van der Waals surface area contributed by atoms with Gasteiger partial charge in [0.1, 0.15) is 10.2 Å². The van der Waals surface area contributed by atoms with Gasteiger partial charge in [0.2, 0.25) is 0 Å². The lowest BCUT2D eigenvalue weighted by Gasteiger charge is -2.34. The van der Waals surface area contributed by atoms with Crippen LogP contribution >= 0.6 is 15.9 Å². The molecule has 0 N–H and O–H groups in total. The number of pyridine rings is 1. The number of piperidine rings is 1. The van der Waals surface area contributed by atoms with Crippen LogP contribution in [-0.4, -0.2) is 34.6 Å². The van der Waals surface area contributed by atoms with Gasteiger partial charge in [-0.25, -0.2) is 9.78 Å². The summed E-state index contributed by atoms with van der Waals surface area (Å²) in [5, 5.41) is 0. The Morgan fingerprint density at radius 3 is 3.05 bits per heavy atom. The molecule has 20 heavy (non-hydrogen) atoms. The lowest BCUT2D eigenvalue weighted by atomic mass is 9.91. The largest absolute Gasteiger partial charge is 0.444 e. The second kappa shape index (κ2) is 6.12. The van der Waals surface area contributed by atoms with E-state index in [0.717, 1.165) is 12.1 Å². The highest BCUT2D eigenvalue weighted by atomic mass is 79.9. The van der Waals surface area contributed by atoms with Crippen LogP contribution < -0.4 is 0 Å². The lowest BCUT2D eigenvalue weighted by Crippen LogP contribution is -2.42.